The molecule has 5 aromatic rings. The molecule has 0 radical (unpaired) electrons. The van der Waals surface area contributed by atoms with Gasteiger partial charge in [-0.3, -0.25) is 14.6 Å². The molecule has 0 atom stereocenters. The van der Waals surface area contributed by atoms with Crippen LogP contribution in [0.1, 0.15) is 15.9 Å². The molecule has 0 bridgehead atoms. The van der Waals surface area contributed by atoms with E-state index >= 15 is 0 Å². The second-order valence-corrected chi connectivity index (χ2v) is 8.98. The van der Waals surface area contributed by atoms with Crippen molar-refractivity contribution in [1.82, 2.24) is 20.1 Å². The van der Waals surface area contributed by atoms with Crippen LogP contribution in [0.5, 0.6) is 17.2 Å². The number of pyridine rings is 1. The molecule has 2 aromatic heterocycles. The van der Waals surface area contributed by atoms with E-state index in [4.69, 9.17) is 21.1 Å². The first kappa shape index (κ1) is 26.5. The minimum atomic E-state index is -0.499. The number of carbonyl (C=O) groups excluding carboxylic acids is 1. The predicted molar refractivity (Wildman–Crippen MR) is 153 cm³/mol. The number of rotatable bonds is 9. The third-order valence-electron chi connectivity index (χ3n) is 5.89. The molecule has 9 nitrogen and oxygen atoms in total. The summed E-state index contributed by atoms with van der Waals surface area (Å²) >= 11 is 6.36. The molecule has 0 aliphatic rings. The molecule has 2 heterocycles. The van der Waals surface area contributed by atoms with Gasteiger partial charge in [-0.2, -0.15) is 9.78 Å². The summed E-state index contributed by atoms with van der Waals surface area (Å²) in [5.41, 5.74) is 1.85. The van der Waals surface area contributed by atoms with Gasteiger partial charge in [0.25, 0.3) is 11.5 Å². The summed E-state index contributed by atoms with van der Waals surface area (Å²) in [6.07, 6.45) is 4.76. The highest BCUT2D eigenvalue weighted by Gasteiger charge is 2.17. The van der Waals surface area contributed by atoms with Gasteiger partial charge in [0.15, 0.2) is 11.4 Å². The average molecular weight is 554 g/mol. The maximum atomic E-state index is 13.7. The molecule has 0 spiro atoms. The fourth-order valence-corrected chi connectivity index (χ4v) is 4.10. The molecule has 0 saturated carbocycles. The molecule has 0 unspecified atom stereocenters. The predicted octanol–water partition coefficient (Wildman–Crippen LogP) is 5.76. The van der Waals surface area contributed by atoms with E-state index in [-0.39, 0.29) is 17.3 Å². The van der Waals surface area contributed by atoms with Crippen molar-refractivity contribution >= 4 is 28.9 Å². The van der Waals surface area contributed by atoms with Gasteiger partial charge in [0, 0.05) is 36.3 Å². The van der Waals surface area contributed by atoms with Gasteiger partial charge in [0.2, 0.25) is 0 Å². The summed E-state index contributed by atoms with van der Waals surface area (Å²) in [5.74, 6) is 0.948. The van der Waals surface area contributed by atoms with Gasteiger partial charge in [-0.15, -0.1) is 0 Å². The number of halogens is 1. The third kappa shape index (κ3) is 6.11. The number of ether oxygens (including phenoxy) is 2. The lowest BCUT2D eigenvalue weighted by Crippen LogP contribution is -2.24. The molecule has 40 heavy (non-hydrogen) atoms. The molecule has 3 aromatic carbocycles. The summed E-state index contributed by atoms with van der Waals surface area (Å²) in [5, 5.41) is 10.7. The molecular weight excluding hydrogens is 530 g/mol. The summed E-state index contributed by atoms with van der Waals surface area (Å²) in [6.45, 7) is 0.352. The van der Waals surface area contributed by atoms with Crippen molar-refractivity contribution in [1.29, 1.82) is 0 Å². The zero-order valence-electron chi connectivity index (χ0n) is 21.4. The van der Waals surface area contributed by atoms with Crippen molar-refractivity contribution in [3.63, 3.8) is 0 Å². The molecule has 2 N–H and O–H groups in total. The maximum absolute atomic E-state index is 13.7. The van der Waals surface area contributed by atoms with Gasteiger partial charge >= 0.3 is 0 Å². The first-order valence-corrected chi connectivity index (χ1v) is 12.6. The molecule has 200 valence electrons. The van der Waals surface area contributed by atoms with Gasteiger partial charge < -0.3 is 20.1 Å². The average Bonchev–Trinajstić information content (AvgIpc) is 2.99. The van der Waals surface area contributed by atoms with Crippen LogP contribution in [0.4, 0.5) is 11.4 Å². The third-order valence-corrected chi connectivity index (χ3v) is 6.21. The van der Waals surface area contributed by atoms with Crippen LogP contribution in [0.25, 0.3) is 5.69 Å². The van der Waals surface area contributed by atoms with Crippen molar-refractivity contribution in [2.75, 3.05) is 12.4 Å². The second kappa shape index (κ2) is 12.1. The number of nitrogens with one attached hydrogen (secondary N) is 2. The topological polar surface area (TPSA) is 107 Å². The van der Waals surface area contributed by atoms with Crippen LogP contribution in [-0.4, -0.2) is 27.8 Å². The summed E-state index contributed by atoms with van der Waals surface area (Å²) < 4.78 is 12.5. The Kier molecular flexibility index (Phi) is 8.03. The standard InChI is InChI=1S/C30H24ClN5O4/c1-39-23-8-5-9-24(17-23)40-27-19-34-36(26-11-3-2-10-25(26)31)30(38)28(27)35-22-7-4-6-21(16-22)29(37)33-18-20-12-14-32-15-13-20/h2-17,19,35H,18H2,1H3,(H,33,37). The number of nitrogens with zero attached hydrogens (tertiary/aromatic N) is 3. The summed E-state index contributed by atoms with van der Waals surface area (Å²) in [4.78, 5) is 30.6. The summed E-state index contributed by atoms with van der Waals surface area (Å²) in [7, 11) is 1.55. The second-order valence-electron chi connectivity index (χ2n) is 8.58. The van der Waals surface area contributed by atoms with Crippen LogP contribution in [0.2, 0.25) is 5.02 Å². The van der Waals surface area contributed by atoms with E-state index in [1.807, 2.05) is 12.1 Å². The van der Waals surface area contributed by atoms with E-state index in [9.17, 15) is 9.59 Å². The molecule has 1 amide bonds. The number of benzene rings is 3. The Hall–Kier alpha value is -5.15. The number of amides is 1. The highest BCUT2D eigenvalue weighted by molar-refractivity contribution is 6.32. The van der Waals surface area contributed by atoms with Crippen LogP contribution in [-0.2, 0) is 6.54 Å². The van der Waals surface area contributed by atoms with Gasteiger partial charge in [0.1, 0.15) is 11.5 Å². The fraction of sp³-hybridized carbons (Fsp3) is 0.0667. The van der Waals surface area contributed by atoms with Gasteiger partial charge in [-0.25, -0.2) is 0 Å². The van der Waals surface area contributed by atoms with E-state index in [0.717, 1.165) is 5.56 Å². The minimum Gasteiger partial charge on any atom is -0.497 e. The Morgan fingerprint density at radius 2 is 1.73 bits per heavy atom. The van der Waals surface area contributed by atoms with E-state index < -0.39 is 5.56 Å². The Morgan fingerprint density at radius 3 is 2.52 bits per heavy atom. The zero-order valence-corrected chi connectivity index (χ0v) is 22.1. The number of aromatic nitrogens is 3. The molecular formula is C30H24ClN5O4. The van der Waals surface area contributed by atoms with Crippen molar-refractivity contribution in [3.05, 3.63) is 130 Å². The maximum Gasteiger partial charge on any atom is 0.299 e. The Labute approximate surface area is 235 Å². The number of hydrogen-bond acceptors (Lipinski definition) is 7. The quantitative estimate of drug-likeness (QED) is 0.239. The number of hydrogen-bond donors (Lipinski definition) is 2. The van der Waals surface area contributed by atoms with Crippen molar-refractivity contribution in [2.24, 2.45) is 0 Å². The van der Waals surface area contributed by atoms with E-state index in [0.29, 0.717) is 40.0 Å². The number of anilines is 2. The van der Waals surface area contributed by atoms with Crippen molar-refractivity contribution in [2.45, 2.75) is 6.54 Å². The smallest absolute Gasteiger partial charge is 0.299 e. The highest BCUT2D eigenvalue weighted by Crippen LogP contribution is 2.31. The van der Waals surface area contributed by atoms with Crippen molar-refractivity contribution < 1.29 is 14.3 Å². The minimum absolute atomic E-state index is 0.104. The largest absolute Gasteiger partial charge is 0.497 e. The lowest BCUT2D eigenvalue weighted by molar-refractivity contribution is 0.0951. The van der Waals surface area contributed by atoms with E-state index in [1.165, 1.54) is 10.9 Å². The lowest BCUT2D eigenvalue weighted by atomic mass is 10.1. The molecule has 0 aliphatic carbocycles. The normalized spacial score (nSPS) is 10.6. The monoisotopic (exact) mass is 553 g/mol. The number of methoxy groups -OCH3 is 1. The van der Waals surface area contributed by atoms with Gasteiger partial charge in [-0.05, 0) is 60.2 Å². The van der Waals surface area contributed by atoms with Gasteiger partial charge in [-0.1, -0.05) is 35.9 Å². The number of para-hydroxylation sites is 1. The molecule has 0 aliphatic heterocycles. The van der Waals surface area contributed by atoms with Crippen LogP contribution in [0, 0.1) is 0 Å². The first-order valence-electron chi connectivity index (χ1n) is 12.2. The zero-order chi connectivity index (χ0) is 27.9. The lowest BCUT2D eigenvalue weighted by Gasteiger charge is -2.16. The molecule has 0 saturated heterocycles. The molecule has 0 fully saturated rings. The Morgan fingerprint density at radius 1 is 0.950 bits per heavy atom. The van der Waals surface area contributed by atoms with Gasteiger partial charge in [0.05, 0.1) is 24.0 Å². The first-order chi connectivity index (χ1) is 19.5. The van der Waals surface area contributed by atoms with E-state index in [1.54, 1.807) is 92.3 Å². The molecule has 10 heteroatoms. The van der Waals surface area contributed by atoms with Crippen LogP contribution in [0.3, 0.4) is 0 Å². The SMILES string of the molecule is COc1cccc(Oc2cnn(-c3ccccc3Cl)c(=O)c2Nc2cccc(C(=O)NCc3ccncc3)c2)c1. The Bertz CT molecular complexity index is 1710. The van der Waals surface area contributed by atoms with Crippen LogP contribution < -0.4 is 25.7 Å². The van der Waals surface area contributed by atoms with E-state index in [2.05, 4.69) is 20.7 Å². The highest BCUT2D eigenvalue weighted by atomic mass is 35.5. The van der Waals surface area contributed by atoms with Crippen LogP contribution >= 0.6 is 11.6 Å². The fourth-order valence-electron chi connectivity index (χ4n) is 3.89. The Balaban J connectivity index is 1.48. The summed E-state index contributed by atoms with van der Waals surface area (Å²) in [6, 6.07) is 24.3. The number of carbonyl (C=O) groups is 1. The molecule has 5 rings (SSSR count). The van der Waals surface area contributed by atoms with Crippen molar-refractivity contribution in [3.8, 4) is 22.9 Å². The van der Waals surface area contributed by atoms with Crippen LogP contribution in [0.15, 0.2) is 108 Å².